The van der Waals surface area contributed by atoms with Gasteiger partial charge in [-0.15, -0.1) is 0 Å². The van der Waals surface area contributed by atoms with Crippen LogP contribution in [0.15, 0.2) is 24.3 Å². The number of carbonyl (C=O) groups excluding carboxylic acids is 2. The lowest BCUT2D eigenvalue weighted by Gasteiger charge is -2.22. The van der Waals surface area contributed by atoms with Gasteiger partial charge in [0.15, 0.2) is 0 Å². The van der Waals surface area contributed by atoms with Crippen LogP contribution in [0.5, 0.6) is 0 Å². The zero-order valence-corrected chi connectivity index (χ0v) is 40.2. The fraction of sp³-hybridized carbons (Fsp3) is 0.889. The van der Waals surface area contributed by atoms with Gasteiger partial charge in [-0.05, 0) is 77.0 Å². The van der Waals surface area contributed by atoms with E-state index < -0.39 is 12.1 Å². The van der Waals surface area contributed by atoms with E-state index in [1.54, 1.807) is 0 Å². The number of hydrogen-bond acceptors (Lipinski definition) is 5. The minimum absolute atomic E-state index is 0.0181. The highest BCUT2D eigenvalue weighted by Gasteiger charge is 2.20. The maximum absolute atomic E-state index is 12.4. The van der Waals surface area contributed by atoms with Gasteiger partial charge in [-0.2, -0.15) is 0 Å². The zero-order valence-electron chi connectivity index (χ0n) is 40.2. The average molecular weight is 846 g/mol. The summed E-state index contributed by atoms with van der Waals surface area (Å²) >= 11 is 0. The quantitative estimate of drug-likeness (QED) is 0.0322. The molecule has 354 valence electrons. The maximum Gasteiger partial charge on any atom is 0.305 e. The third-order valence-corrected chi connectivity index (χ3v) is 12.2. The first kappa shape index (κ1) is 58.3. The first-order valence-corrected chi connectivity index (χ1v) is 26.6. The van der Waals surface area contributed by atoms with Crippen molar-refractivity contribution in [2.75, 3.05) is 13.2 Å². The molecule has 0 aromatic rings. The molecule has 2 unspecified atom stereocenters. The molecular formula is C54H103NO5. The normalized spacial score (nSPS) is 12.8. The molecule has 0 spiro atoms. The van der Waals surface area contributed by atoms with Crippen LogP contribution < -0.4 is 5.32 Å². The smallest absolute Gasteiger partial charge is 0.305 e. The number of esters is 1. The lowest BCUT2D eigenvalue weighted by atomic mass is 10.0. The van der Waals surface area contributed by atoms with Crippen LogP contribution in [0.1, 0.15) is 284 Å². The van der Waals surface area contributed by atoms with Crippen molar-refractivity contribution in [1.29, 1.82) is 0 Å². The molecule has 0 saturated carbocycles. The SMILES string of the molecule is CCCCCCCC/C=C\CCCCCCCC(=O)OCCCCCC/C=C\CCCCCCCCCC(=O)NC(CO)C(O)CCCCCCCCCCCCCCC. The second kappa shape index (κ2) is 50.0. The number of aliphatic hydroxyl groups excluding tert-OH is 2. The third kappa shape index (κ3) is 45.9. The second-order valence-electron chi connectivity index (χ2n) is 18.2. The molecule has 60 heavy (non-hydrogen) atoms. The van der Waals surface area contributed by atoms with E-state index in [4.69, 9.17) is 4.74 Å². The highest BCUT2D eigenvalue weighted by atomic mass is 16.5. The van der Waals surface area contributed by atoms with Crippen molar-refractivity contribution < 1.29 is 24.5 Å². The molecule has 0 aliphatic carbocycles. The van der Waals surface area contributed by atoms with Gasteiger partial charge in [0.1, 0.15) is 0 Å². The minimum atomic E-state index is -0.673. The Hall–Kier alpha value is -1.66. The average Bonchev–Trinajstić information content (AvgIpc) is 3.25. The van der Waals surface area contributed by atoms with E-state index in [0.29, 0.717) is 25.9 Å². The Morgan fingerprint density at radius 1 is 0.450 bits per heavy atom. The predicted octanol–water partition coefficient (Wildman–Crippen LogP) is 15.9. The second-order valence-corrected chi connectivity index (χ2v) is 18.2. The summed E-state index contributed by atoms with van der Waals surface area (Å²) in [5.41, 5.74) is 0. The highest BCUT2D eigenvalue weighted by Crippen LogP contribution is 2.16. The number of rotatable bonds is 49. The molecule has 0 heterocycles. The van der Waals surface area contributed by atoms with Gasteiger partial charge < -0.3 is 20.3 Å². The number of aliphatic hydroxyl groups is 2. The van der Waals surface area contributed by atoms with Gasteiger partial charge in [0.2, 0.25) is 5.91 Å². The first-order chi connectivity index (χ1) is 29.5. The van der Waals surface area contributed by atoms with Crippen LogP contribution in [0.3, 0.4) is 0 Å². The monoisotopic (exact) mass is 846 g/mol. The molecule has 6 heteroatoms. The molecule has 3 N–H and O–H groups in total. The van der Waals surface area contributed by atoms with Crippen LogP contribution in [-0.2, 0) is 14.3 Å². The van der Waals surface area contributed by atoms with E-state index in [1.807, 2.05) is 0 Å². The molecule has 0 aromatic heterocycles. The largest absolute Gasteiger partial charge is 0.466 e. The van der Waals surface area contributed by atoms with E-state index in [2.05, 4.69) is 43.5 Å². The molecule has 0 radical (unpaired) electrons. The predicted molar refractivity (Wildman–Crippen MR) is 260 cm³/mol. The number of ether oxygens (including phenoxy) is 1. The van der Waals surface area contributed by atoms with Crippen molar-refractivity contribution in [3.63, 3.8) is 0 Å². The molecule has 0 aliphatic heterocycles. The van der Waals surface area contributed by atoms with Crippen LogP contribution in [-0.4, -0.2) is 47.4 Å². The summed E-state index contributed by atoms with van der Waals surface area (Å²) in [6.45, 7) is 4.91. The fourth-order valence-corrected chi connectivity index (χ4v) is 8.10. The van der Waals surface area contributed by atoms with E-state index >= 15 is 0 Å². The number of allylic oxidation sites excluding steroid dienone is 4. The van der Waals surface area contributed by atoms with Crippen LogP contribution in [0, 0.1) is 0 Å². The third-order valence-electron chi connectivity index (χ3n) is 12.2. The molecule has 0 bridgehead atoms. The Bertz CT molecular complexity index is 935. The fourth-order valence-electron chi connectivity index (χ4n) is 8.10. The van der Waals surface area contributed by atoms with E-state index in [1.165, 1.54) is 180 Å². The summed E-state index contributed by atoms with van der Waals surface area (Å²) in [6.07, 6.45) is 58.6. The summed E-state index contributed by atoms with van der Waals surface area (Å²) in [4.78, 5) is 24.5. The highest BCUT2D eigenvalue weighted by molar-refractivity contribution is 5.76. The van der Waals surface area contributed by atoms with Crippen LogP contribution in [0.4, 0.5) is 0 Å². The zero-order chi connectivity index (χ0) is 43.7. The Balaban J connectivity index is 3.47. The summed E-state index contributed by atoms with van der Waals surface area (Å²) < 4.78 is 5.45. The van der Waals surface area contributed by atoms with Gasteiger partial charge >= 0.3 is 5.97 Å². The number of amides is 1. The lowest BCUT2D eigenvalue weighted by Crippen LogP contribution is -2.45. The standard InChI is InChI=1S/C54H103NO5/c1-3-5-7-9-11-13-15-17-19-24-28-32-36-40-44-48-54(59)60-49-45-41-37-33-29-25-21-18-20-23-27-31-35-39-43-47-53(58)55-51(50-56)52(57)46-42-38-34-30-26-22-16-14-12-10-8-6-4-2/h17,19,21,25,51-52,56-57H,3-16,18,20,22-24,26-50H2,1-2H3,(H,55,58)/b19-17-,25-21-. The molecule has 0 fully saturated rings. The van der Waals surface area contributed by atoms with Gasteiger partial charge in [0, 0.05) is 12.8 Å². The number of carbonyl (C=O) groups is 2. The molecule has 2 atom stereocenters. The summed E-state index contributed by atoms with van der Waals surface area (Å²) in [6, 6.07) is -0.552. The van der Waals surface area contributed by atoms with Gasteiger partial charge in [0.25, 0.3) is 0 Å². The van der Waals surface area contributed by atoms with Crippen molar-refractivity contribution in [3.8, 4) is 0 Å². The Morgan fingerprint density at radius 3 is 1.18 bits per heavy atom. The number of hydrogen-bond donors (Lipinski definition) is 3. The van der Waals surface area contributed by atoms with Gasteiger partial charge in [-0.3, -0.25) is 9.59 Å². The topological polar surface area (TPSA) is 95.9 Å². The van der Waals surface area contributed by atoms with Gasteiger partial charge in [0.05, 0.1) is 25.4 Å². The van der Waals surface area contributed by atoms with Crippen molar-refractivity contribution in [2.45, 2.75) is 296 Å². The molecule has 0 aliphatic rings. The minimum Gasteiger partial charge on any atom is -0.466 e. The van der Waals surface area contributed by atoms with Crippen molar-refractivity contribution in [3.05, 3.63) is 24.3 Å². The first-order valence-electron chi connectivity index (χ1n) is 26.6. The van der Waals surface area contributed by atoms with Crippen LogP contribution in [0.25, 0.3) is 0 Å². The maximum atomic E-state index is 12.4. The molecule has 0 saturated heterocycles. The Kier molecular flexibility index (Phi) is 48.6. The van der Waals surface area contributed by atoms with E-state index in [-0.39, 0.29) is 18.5 Å². The van der Waals surface area contributed by atoms with Gasteiger partial charge in [-0.25, -0.2) is 0 Å². The summed E-state index contributed by atoms with van der Waals surface area (Å²) in [5, 5.41) is 23.2. The summed E-state index contributed by atoms with van der Waals surface area (Å²) in [7, 11) is 0. The van der Waals surface area contributed by atoms with E-state index in [0.717, 1.165) is 70.6 Å². The lowest BCUT2D eigenvalue weighted by molar-refractivity contribution is -0.143. The molecular weight excluding hydrogens is 743 g/mol. The van der Waals surface area contributed by atoms with Crippen molar-refractivity contribution in [1.82, 2.24) is 5.32 Å². The van der Waals surface area contributed by atoms with Crippen LogP contribution in [0.2, 0.25) is 0 Å². The molecule has 0 aromatic carbocycles. The van der Waals surface area contributed by atoms with Gasteiger partial charge in [-0.1, -0.05) is 218 Å². The van der Waals surface area contributed by atoms with Crippen molar-refractivity contribution in [2.24, 2.45) is 0 Å². The molecule has 6 nitrogen and oxygen atoms in total. The number of unbranched alkanes of at least 4 members (excludes halogenated alkanes) is 34. The van der Waals surface area contributed by atoms with E-state index in [9.17, 15) is 19.8 Å². The molecule has 0 rings (SSSR count). The van der Waals surface area contributed by atoms with Crippen molar-refractivity contribution >= 4 is 11.9 Å². The van der Waals surface area contributed by atoms with Crippen LogP contribution >= 0.6 is 0 Å². The Morgan fingerprint density at radius 2 is 0.783 bits per heavy atom. The Labute approximate surface area is 373 Å². The number of nitrogens with one attached hydrogen (secondary N) is 1. The summed E-state index contributed by atoms with van der Waals surface area (Å²) in [5.74, 6) is -0.0687. The molecule has 1 amide bonds.